The molecule has 8 heteroatoms. The van der Waals surface area contributed by atoms with Crippen molar-refractivity contribution in [3.05, 3.63) is 47.2 Å². The number of nitrogens with one attached hydrogen (secondary N) is 2. The third kappa shape index (κ3) is 11.6. The highest BCUT2D eigenvalue weighted by Gasteiger charge is 2.17. The monoisotopic (exact) mass is 460 g/mol. The molecule has 32 heavy (non-hydrogen) atoms. The summed E-state index contributed by atoms with van der Waals surface area (Å²) in [5, 5.41) is 7.56. The summed E-state index contributed by atoms with van der Waals surface area (Å²) in [5.41, 5.74) is 2.83. The van der Waals surface area contributed by atoms with Crippen LogP contribution in [0, 0.1) is 0 Å². The lowest BCUT2D eigenvalue weighted by molar-refractivity contribution is -0.115. The molecule has 0 aliphatic rings. The standard InChI is InChI=1S/C17H27N3O3S.C7H9N/c1-6-8-9-12(7-2)13-11-24-15(19-13)20-14(21)10-18-16(22)23-17(3,4)5;1-2-7-3-5-8-6-4-7/h9,11H,6-8,10H2,1-5H3,(H,18,22)(H,19,20,21);3-6H,2H2,1H3/b12-9+;. The predicted octanol–water partition coefficient (Wildman–Crippen LogP) is 5.84. The van der Waals surface area contributed by atoms with Crippen LogP contribution >= 0.6 is 11.3 Å². The number of allylic oxidation sites excluding steroid dienone is 2. The van der Waals surface area contributed by atoms with Gasteiger partial charge in [0.05, 0.1) is 5.69 Å². The number of alkyl carbamates (subject to hydrolysis) is 1. The lowest BCUT2D eigenvalue weighted by Crippen LogP contribution is -2.37. The molecule has 0 radical (unpaired) electrons. The van der Waals surface area contributed by atoms with E-state index < -0.39 is 11.7 Å². The van der Waals surface area contributed by atoms with Gasteiger partial charge in [-0.05, 0) is 63.3 Å². The summed E-state index contributed by atoms with van der Waals surface area (Å²) < 4.78 is 5.08. The highest BCUT2D eigenvalue weighted by molar-refractivity contribution is 7.14. The molecule has 0 atom stereocenters. The molecule has 0 bridgehead atoms. The summed E-state index contributed by atoms with van der Waals surface area (Å²) in [7, 11) is 0. The van der Waals surface area contributed by atoms with E-state index in [0.29, 0.717) is 5.13 Å². The van der Waals surface area contributed by atoms with Crippen molar-refractivity contribution in [2.45, 2.75) is 72.8 Å². The number of unbranched alkanes of at least 4 members (excludes halogenated alkanes) is 1. The molecule has 0 saturated heterocycles. The Balaban J connectivity index is 0.000000533. The lowest BCUT2D eigenvalue weighted by atomic mass is 10.1. The van der Waals surface area contributed by atoms with E-state index in [1.165, 1.54) is 22.5 Å². The number of rotatable bonds is 8. The summed E-state index contributed by atoms with van der Waals surface area (Å²) in [4.78, 5) is 31.7. The van der Waals surface area contributed by atoms with Gasteiger partial charge < -0.3 is 15.4 Å². The van der Waals surface area contributed by atoms with E-state index in [2.05, 4.69) is 47.4 Å². The Morgan fingerprint density at radius 2 is 1.84 bits per heavy atom. The largest absolute Gasteiger partial charge is 0.444 e. The fourth-order valence-electron chi connectivity index (χ4n) is 2.48. The van der Waals surface area contributed by atoms with Crippen molar-refractivity contribution in [2.75, 3.05) is 11.9 Å². The summed E-state index contributed by atoms with van der Waals surface area (Å²) in [6, 6.07) is 4.06. The van der Waals surface area contributed by atoms with Crippen LogP contribution in [-0.4, -0.2) is 34.1 Å². The zero-order valence-electron chi connectivity index (χ0n) is 20.0. The summed E-state index contributed by atoms with van der Waals surface area (Å²) in [6.45, 7) is 11.5. The zero-order valence-corrected chi connectivity index (χ0v) is 20.8. The van der Waals surface area contributed by atoms with Gasteiger partial charge in [0, 0.05) is 17.8 Å². The van der Waals surface area contributed by atoms with Crippen molar-refractivity contribution in [1.82, 2.24) is 15.3 Å². The number of nitrogens with zero attached hydrogens (tertiary/aromatic N) is 2. The van der Waals surface area contributed by atoms with Crippen LogP contribution in [0.1, 0.15) is 72.1 Å². The Hall–Kier alpha value is -2.74. The van der Waals surface area contributed by atoms with Crippen molar-refractivity contribution in [2.24, 2.45) is 0 Å². The molecule has 7 nitrogen and oxygen atoms in total. The van der Waals surface area contributed by atoms with Crippen LogP contribution in [0.2, 0.25) is 0 Å². The van der Waals surface area contributed by atoms with Crippen LogP contribution in [0.4, 0.5) is 9.93 Å². The van der Waals surface area contributed by atoms with E-state index in [0.717, 1.165) is 31.4 Å². The minimum absolute atomic E-state index is 0.157. The number of pyridine rings is 1. The molecule has 2 aromatic heterocycles. The molecule has 2 rings (SSSR count). The van der Waals surface area contributed by atoms with Crippen molar-refractivity contribution >= 4 is 34.0 Å². The fourth-order valence-corrected chi connectivity index (χ4v) is 3.23. The summed E-state index contributed by atoms with van der Waals surface area (Å²) >= 11 is 1.37. The Kier molecular flexibility index (Phi) is 12.2. The second kappa shape index (κ2) is 14.3. The second-order valence-corrected chi connectivity index (χ2v) is 8.88. The second-order valence-electron chi connectivity index (χ2n) is 8.02. The number of hydrogen-bond donors (Lipinski definition) is 2. The average Bonchev–Trinajstić information content (AvgIpc) is 3.21. The number of carbonyl (C=O) groups excluding carboxylic acids is 2. The van der Waals surface area contributed by atoms with Gasteiger partial charge in [-0.3, -0.25) is 9.78 Å². The highest BCUT2D eigenvalue weighted by Crippen LogP contribution is 2.24. The maximum atomic E-state index is 11.9. The zero-order chi connectivity index (χ0) is 24.0. The van der Waals surface area contributed by atoms with Gasteiger partial charge in [-0.25, -0.2) is 9.78 Å². The predicted molar refractivity (Wildman–Crippen MR) is 132 cm³/mol. The molecule has 0 saturated carbocycles. The minimum atomic E-state index is -0.617. The first-order valence-corrected chi connectivity index (χ1v) is 11.9. The van der Waals surface area contributed by atoms with E-state index in [9.17, 15) is 9.59 Å². The average molecular weight is 461 g/mol. The summed E-state index contributed by atoms with van der Waals surface area (Å²) in [5.74, 6) is -0.336. The Morgan fingerprint density at radius 3 is 2.38 bits per heavy atom. The normalized spacial score (nSPS) is 11.2. The van der Waals surface area contributed by atoms with Crippen LogP contribution in [-0.2, 0) is 16.0 Å². The van der Waals surface area contributed by atoms with Crippen molar-refractivity contribution in [3.63, 3.8) is 0 Å². The first kappa shape index (κ1) is 27.3. The van der Waals surface area contributed by atoms with Crippen LogP contribution in [0.5, 0.6) is 0 Å². The molecule has 0 unspecified atom stereocenters. The van der Waals surface area contributed by atoms with Gasteiger partial charge in [0.1, 0.15) is 12.1 Å². The molecular formula is C24H36N4O3S. The molecule has 2 amide bonds. The maximum Gasteiger partial charge on any atom is 0.408 e. The van der Waals surface area contributed by atoms with E-state index in [4.69, 9.17) is 4.74 Å². The van der Waals surface area contributed by atoms with Gasteiger partial charge in [-0.15, -0.1) is 11.3 Å². The molecule has 0 aliphatic carbocycles. The van der Waals surface area contributed by atoms with E-state index in [1.807, 2.05) is 29.9 Å². The lowest BCUT2D eigenvalue weighted by Gasteiger charge is -2.19. The van der Waals surface area contributed by atoms with Gasteiger partial charge in [0.2, 0.25) is 5.91 Å². The fraction of sp³-hybridized carbons (Fsp3) is 0.500. The Morgan fingerprint density at radius 1 is 1.16 bits per heavy atom. The van der Waals surface area contributed by atoms with Crippen LogP contribution in [0.3, 0.4) is 0 Å². The number of aryl methyl sites for hydroxylation is 1. The first-order valence-electron chi connectivity index (χ1n) is 11.0. The Bertz CT molecular complexity index is 858. The molecule has 176 valence electrons. The van der Waals surface area contributed by atoms with Crippen LogP contribution < -0.4 is 10.6 Å². The quantitative estimate of drug-likeness (QED) is 0.516. The third-order valence-electron chi connectivity index (χ3n) is 4.09. The molecule has 0 fully saturated rings. The minimum Gasteiger partial charge on any atom is -0.444 e. The number of hydrogen-bond acceptors (Lipinski definition) is 6. The van der Waals surface area contributed by atoms with Crippen LogP contribution in [0.25, 0.3) is 5.57 Å². The van der Waals surface area contributed by atoms with Crippen molar-refractivity contribution < 1.29 is 14.3 Å². The first-order chi connectivity index (χ1) is 15.2. The van der Waals surface area contributed by atoms with Gasteiger partial charge in [0.25, 0.3) is 0 Å². The van der Waals surface area contributed by atoms with E-state index in [1.54, 1.807) is 20.8 Å². The number of carbonyl (C=O) groups is 2. The van der Waals surface area contributed by atoms with Gasteiger partial charge in [-0.2, -0.15) is 0 Å². The Labute approximate surface area is 195 Å². The number of anilines is 1. The number of aromatic nitrogens is 2. The van der Waals surface area contributed by atoms with Crippen LogP contribution in [0.15, 0.2) is 36.0 Å². The molecule has 2 heterocycles. The number of thiazole rings is 1. The maximum absolute atomic E-state index is 11.9. The number of amides is 2. The van der Waals surface area contributed by atoms with Crippen molar-refractivity contribution in [3.8, 4) is 0 Å². The molecule has 0 aromatic carbocycles. The van der Waals surface area contributed by atoms with Crippen molar-refractivity contribution in [1.29, 1.82) is 0 Å². The topological polar surface area (TPSA) is 93.2 Å². The van der Waals surface area contributed by atoms with E-state index >= 15 is 0 Å². The number of ether oxygens (including phenoxy) is 1. The summed E-state index contributed by atoms with van der Waals surface area (Å²) in [6.07, 6.45) is 9.31. The van der Waals surface area contributed by atoms with E-state index in [-0.39, 0.29) is 12.5 Å². The third-order valence-corrected chi connectivity index (χ3v) is 4.85. The highest BCUT2D eigenvalue weighted by atomic mass is 32.1. The molecule has 2 aromatic rings. The van der Waals surface area contributed by atoms with Gasteiger partial charge in [0.15, 0.2) is 5.13 Å². The molecule has 0 aliphatic heterocycles. The van der Waals surface area contributed by atoms with Gasteiger partial charge >= 0.3 is 6.09 Å². The smallest absolute Gasteiger partial charge is 0.408 e. The van der Waals surface area contributed by atoms with Gasteiger partial charge in [-0.1, -0.05) is 33.3 Å². The molecule has 0 spiro atoms. The molecular weight excluding hydrogens is 424 g/mol. The molecule has 2 N–H and O–H groups in total. The SMILES string of the molecule is CCC/C=C(\CC)c1csc(NC(=O)CNC(=O)OC(C)(C)C)n1.CCc1ccncc1.